The minimum absolute atomic E-state index is 0.0923. The molecule has 0 fully saturated rings. The summed E-state index contributed by atoms with van der Waals surface area (Å²) in [6.45, 7) is 2.09. The first-order chi connectivity index (χ1) is 7.81. The zero-order valence-electron chi connectivity index (χ0n) is 9.95. The lowest BCUT2D eigenvalue weighted by atomic mass is 10.2. The maximum Gasteiger partial charge on any atom is 0.453 e. The van der Waals surface area contributed by atoms with E-state index in [1.807, 2.05) is 0 Å². The van der Waals surface area contributed by atoms with Crippen molar-refractivity contribution in [1.82, 2.24) is 0 Å². The maximum atomic E-state index is 12.5. The number of rotatable bonds is 9. The molecule has 17 heavy (non-hydrogen) atoms. The van der Waals surface area contributed by atoms with Crippen LogP contribution in [0.3, 0.4) is 0 Å². The van der Waals surface area contributed by atoms with Gasteiger partial charge < -0.3 is 0 Å². The van der Waals surface area contributed by atoms with Gasteiger partial charge in [0.05, 0.1) is 0 Å². The van der Waals surface area contributed by atoms with Gasteiger partial charge in [0.1, 0.15) is 0 Å². The summed E-state index contributed by atoms with van der Waals surface area (Å²) in [6.07, 6.45) is -2.21. The molecule has 0 rings (SSSR count). The molecule has 0 nitrogen and oxygen atoms in total. The molecule has 0 saturated heterocycles. The van der Waals surface area contributed by atoms with Crippen LogP contribution in [-0.2, 0) is 0 Å². The second-order valence-corrected chi connectivity index (χ2v) is 5.20. The second-order valence-electron chi connectivity index (χ2n) is 3.98. The Morgan fingerprint density at radius 1 is 0.824 bits per heavy atom. The van der Waals surface area contributed by atoms with Gasteiger partial charge in [-0.1, -0.05) is 26.2 Å². The number of halogens is 5. The monoisotopic (exact) mass is 278 g/mol. The molecule has 0 radical (unpaired) electrons. The zero-order chi connectivity index (χ0) is 13.4. The third-order valence-corrected chi connectivity index (χ3v) is 3.49. The first kappa shape index (κ1) is 17.0. The van der Waals surface area contributed by atoms with E-state index in [0.717, 1.165) is 31.4 Å². The molecule has 6 heteroatoms. The average Bonchev–Trinajstić information content (AvgIpc) is 2.20. The normalized spacial score (nSPS) is 13.1. The Morgan fingerprint density at radius 2 is 1.41 bits per heavy atom. The van der Waals surface area contributed by atoms with Crippen LogP contribution in [0, 0.1) is 0 Å². The Hall–Kier alpha value is -0.0000000000000000555. The van der Waals surface area contributed by atoms with Gasteiger partial charge in [-0.25, -0.2) is 0 Å². The van der Waals surface area contributed by atoms with E-state index in [2.05, 4.69) is 6.92 Å². The maximum absolute atomic E-state index is 12.5. The number of hydrogen-bond acceptors (Lipinski definition) is 1. The topological polar surface area (TPSA) is 0 Å². The minimum atomic E-state index is -5.40. The summed E-state index contributed by atoms with van der Waals surface area (Å²) in [7, 11) is 0. The smallest absolute Gasteiger partial charge is 0.196 e. The van der Waals surface area contributed by atoms with Gasteiger partial charge >= 0.3 is 12.1 Å². The van der Waals surface area contributed by atoms with E-state index in [1.165, 1.54) is 11.8 Å². The molecule has 0 aliphatic rings. The summed E-state index contributed by atoms with van der Waals surface area (Å²) in [6, 6.07) is 0. The van der Waals surface area contributed by atoms with Crippen molar-refractivity contribution in [1.29, 1.82) is 0 Å². The van der Waals surface area contributed by atoms with Crippen LogP contribution < -0.4 is 0 Å². The van der Waals surface area contributed by atoms with Gasteiger partial charge in [-0.3, -0.25) is 0 Å². The van der Waals surface area contributed by atoms with Crippen molar-refractivity contribution >= 4 is 11.8 Å². The van der Waals surface area contributed by atoms with Crippen molar-refractivity contribution in [2.45, 2.75) is 57.5 Å². The van der Waals surface area contributed by atoms with Crippen molar-refractivity contribution in [3.63, 3.8) is 0 Å². The number of alkyl halides is 5. The molecule has 0 amide bonds. The predicted octanol–water partition coefficient (Wildman–Crippen LogP) is 5.28. The predicted molar refractivity (Wildman–Crippen MR) is 61.7 cm³/mol. The molecule has 0 unspecified atom stereocenters. The van der Waals surface area contributed by atoms with E-state index in [4.69, 9.17) is 0 Å². The van der Waals surface area contributed by atoms with Crippen LogP contribution >= 0.6 is 11.8 Å². The molecule has 0 N–H and O–H groups in total. The van der Waals surface area contributed by atoms with Crippen LogP contribution in [0.5, 0.6) is 0 Å². The van der Waals surface area contributed by atoms with E-state index in [9.17, 15) is 22.0 Å². The van der Waals surface area contributed by atoms with Crippen molar-refractivity contribution in [2.75, 3.05) is 11.5 Å². The van der Waals surface area contributed by atoms with Crippen LogP contribution in [0.15, 0.2) is 0 Å². The third-order valence-electron chi connectivity index (χ3n) is 2.34. The van der Waals surface area contributed by atoms with E-state index >= 15 is 0 Å². The fourth-order valence-electron chi connectivity index (χ4n) is 1.27. The Labute approximate surface area is 103 Å². The standard InChI is InChI=1S/C11H19F5S/c1-2-3-4-5-8-17-9-6-7-10(12,13)11(14,15)16/h2-9H2,1H3. The van der Waals surface area contributed by atoms with E-state index in [0.29, 0.717) is 5.75 Å². The molecule has 0 aromatic rings. The first-order valence-electron chi connectivity index (χ1n) is 5.83. The Morgan fingerprint density at radius 3 is 1.94 bits per heavy atom. The molecule has 0 aromatic carbocycles. The lowest BCUT2D eigenvalue weighted by Gasteiger charge is -2.19. The minimum Gasteiger partial charge on any atom is -0.196 e. The summed E-state index contributed by atoms with van der Waals surface area (Å²) < 4.78 is 60.3. The van der Waals surface area contributed by atoms with E-state index in [-0.39, 0.29) is 6.42 Å². The van der Waals surface area contributed by atoms with Crippen LogP contribution in [0.2, 0.25) is 0 Å². The Kier molecular flexibility index (Phi) is 8.16. The average molecular weight is 278 g/mol. The largest absolute Gasteiger partial charge is 0.453 e. The molecule has 0 heterocycles. The Balaban J connectivity index is 3.46. The summed E-state index contributed by atoms with van der Waals surface area (Å²) in [5.41, 5.74) is 0. The number of thioether (sulfide) groups is 1. The SMILES string of the molecule is CCCCCCSCCCC(F)(F)C(F)(F)F. The number of hydrogen-bond donors (Lipinski definition) is 0. The first-order valence-corrected chi connectivity index (χ1v) is 6.99. The van der Waals surface area contributed by atoms with Gasteiger partial charge in [-0.15, -0.1) is 0 Å². The third kappa shape index (κ3) is 7.84. The van der Waals surface area contributed by atoms with Crippen molar-refractivity contribution in [2.24, 2.45) is 0 Å². The summed E-state index contributed by atoms with van der Waals surface area (Å²) >= 11 is 1.45. The van der Waals surface area contributed by atoms with Crippen LogP contribution in [0.25, 0.3) is 0 Å². The molecule has 0 atom stereocenters. The van der Waals surface area contributed by atoms with Gasteiger partial charge in [0.25, 0.3) is 0 Å². The fourth-order valence-corrected chi connectivity index (χ4v) is 2.23. The molecular formula is C11H19F5S. The van der Waals surface area contributed by atoms with E-state index in [1.54, 1.807) is 0 Å². The molecule has 0 saturated carbocycles. The summed E-state index contributed by atoms with van der Waals surface area (Å²) in [5, 5.41) is 0. The van der Waals surface area contributed by atoms with Crippen molar-refractivity contribution in [3.8, 4) is 0 Å². The highest BCUT2D eigenvalue weighted by Crippen LogP contribution is 2.39. The molecule has 0 spiro atoms. The molecule has 104 valence electrons. The van der Waals surface area contributed by atoms with Gasteiger partial charge in [0.15, 0.2) is 0 Å². The van der Waals surface area contributed by atoms with Gasteiger partial charge in [0.2, 0.25) is 0 Å². The number of unbranched alkanes of at least 4 members (excludes halogenated alkanes) is 3. The van der Waals surface area contributed by atoms with Crippen LogP contribution in [0.4, 0.5) is 22.0 Å². The second kappa shape index (κ2) is 8.16. The lowest BCUT2D eigenvalue weighted by Crippen LogP contribution is -2.36. The van der Waals surface area contributed by atoms with Gasteiger partial charge in [-0.05, 0) is 24.3 Å². The molecule has 0 aliphatic heterocycles. The zero-order valence-corrected chi connectivity index (χ0v) is 10.8. The highest BCUT2D eigenvalue weighted by molar-refractivity contribution is 7.99. The highest BCUT2D eigenvalue weighted by Gasteiger charge is 2.56. The summed E-state index contributed by atoms with van der Waals surface area (Å²) in [4.78, 5) is 0. The van der Waals surface area contributed by atoms with Crippen LogP contribution in [0.1, 0.15) is 45.4 Å². The van der Waals surface area contributed by atoms with Crippen LogP contribution in [-0.4, -0.2) is 23.6 Å². The van der Waals surface area contributed by atoms with E-state index < -0.39 is 18.5 Å². The lowest BCUT2D eigenvalue weighted by molar-refractivity contribution is -0.284. The van der Waals surface area contributed by atoms with Gasteiger partial charge in [-0.2, -0.15) is 33.7 Å². The molecule has 0 aromatic heterocycles. The molecule has 0 aliphatic carbocycles. The molecular weight excluding hydrogens is 259 g/mol. The van der Waals surface area contributed by atoms with Gasteiger partial charge in [0, 0.05) is 6.42 Å². The summed E-state index contributed by atoms with van der Waals surface area (Å²) in [5.74, 6) is -3.31. The van der Waals surface area contributed by atoms with Crippen molar-refractivity contribution < 1.29 is 22.0 Å². The Bertz CT molecular complexity index is 191. The fraction of sp³-hybridized carbons (Fsp3) is 1.00. The molecule has 0 bridgehead atoms. The van der Waals surface area contributed by atoms with Crippen molar-refractivity contribution in [3.05, 3.63) is 0 Å². The highest BCUT2D eigenvalue weighted by atomic mass is 32.2. The quantitative estimate of drug-likeness (QED) is 0.408.